The Balaban J connectivity index is 2.01. The minimum absolute atomic E-state index is 0.265. The van der Waals surface area contributed by atoms with Gasteiger partial charge in [-0.25, -0.2) is 4.39 Å². The van der Waals surface area contributed by atoms with Crippen molar-refractivity contribution >= 4 is 5.76 Å². The van der Waals surface area contributed by atoms with Crippen molar-refractivity contribution in [2.75, 3.05) is 6.61 Å². The van der Waals surface area contributed by atoms with Crippen molar-refractivity contribution in [2.45, 2.75) is 32.4 Å². The number of benzene rings is 1. The van der Waals surface area contributed by atoms with E-state index in [-0.39, 0.29) is 5.82 Å². The zero-order valence-corrected chi connectivity index (χ0v) is 10.1. The third-order valence-corrected chi connectivity index (χ3v) is 2.82. The van der Waals surface area contributed by atoms with Crippen LogP contribution in [0.1, 0.15) is 30.9 Å². The van der Waals surface area contributed by atoms with Crippen LogP contribution in [0.2, 0.25) is 0 Å². The first kappa shape index (κ1) is 12.1. The molecule has 0 bridgehead atoms. The van der Waals surface area contributed by atoms with Crippen molar-refractivity contribution in [1.82, 2.24) is 5.32 Å². The molecule has 1 aliphatic rings. The highest BCUT2D eigenvalue weighted by molar-refractivity contribution is 5.58. The number of hydrogen-bond donors (Lipinski definition) is 1. The molecule has 2 nitrogen and oxygen atoms in total. The maximum absolute atomic E-state index is 13.8. The van der Waals surface area contributed by atoms with Gasteiger partial charge in [-0.2, -0.15) is 0 Å². The standard InChI is InChI=1S/C14H18FNO/c1-3-17-10(2)13-7-4-11(8-14(13)15)9-16-12-5-6-12/h4,7-8,12,16H,2-3,5-6,9H2,1H3. The molecule has 1 N–H and O–H groups in total. The molecule has 0 saturated heterocycles. The Labute approximate surface area is 101 Å². The van der Waals surface area contributed by atoms with Gasteiger partial charge in [0.2, 0.25) is 0 Å². The van der Waals surface area contributed by atoms with Crippen LogP contribution in [0, 0.1) is 5.82 Å². The van der Waals surface area contributed by atoms with Crippen molar-refractivity contribution in [3.63, 3.8) is 0 Å². The highest BCUT2D eigenvalue weighted by Gasteiger charge is 2.20. The van der Waals surface area contributed by atoms with Gasteiger partial charge in [-0.15, -0.1) is 0 Å². The van der Waals surface area contributed by atoms with Gasteiger partial charge in [-0.1, -0.05) is 12.6 Å². The third kappa shape index (κ3) is 3.30. The van der Waals surface area contributed by atoms with E-state index in [9.17, 15) is 4.39 Å². The van der Waals surface area contributed by atoms with E-state index in [0.717, 1.165) is 12.1 Å². The quantitative estimate of drug-likeness (QED) is 0.765. The second-order valence-electron chi connectivity index (χ2n) is 4.33. The maximum Gasteiger partial charge on any atom is 0.134 e. The molecule has 17 heavy (non-hydrogen) atoms. The molecule has 0 heterocycles. The average Bonchev–Trinajstić information content (AvgIpc) is 3.10. The van der Waals surface area contributed by atoms with Crippen LogP contribution in [-0.2, 0) is 11.3 Å². The molecule has 1 aliphatic carbocycles. The maximum atomic E-state index is 13.8. The summed E-state index contributed by atoms with van der Waals surface area (Å²) in [4.78, 5) is 0. The van der Waals surface area contributed by atoms with Crippen molar-refractivity contribution in [3.05, 3.63) is 41.7 Å². The number of hydrogen-bond acceptors (Lipinski definition) is 2. The van der Waals surface area contributed by atoms with Crippen LogP contribution in [0.15, 0.2) is 24.8 Å². The fraction of sp³-hybridized carbons (Fsp3) is 0.429. The van der Waals surface area contributed by atoms with E-state index >= 15 is 0 Å². The van der Waals surface area contributed by atoms with Gasteiger partial charge in [-0.3, -0.25) is 0 Å². The lowest BCUT2D eigenvalue weighted by Crippen LogP contribution is -2.15. The molecule has 0 amide bonds. The molecule has 3 heteroatoms. The van der Waals surface area contributed by atoms with Gasteiger partial charge < -0.3 is 10.1 Å². The monoisotopic (exact) mass is 235 g/mol. The molecule has 2 rings (SSSR count). The Bertz CT molecular complexity index is 413. The summed E-state index contributed by atoms with van der Waals surface area (Å²) in [5, 5.41) is 3.35. The predicted octanol–water partition coefficient (Wildman–Crippen LogP) is 3.08. The Kier molecular flexibility index (Phi) is 3.79. The number of halogens is 1. The van der Waals surface area contributed by atoms with Gasteiger partial charge in [0, 0.05) is 12.6 Å². The van der Waals surface area contributed by atoms with Crippen LogP contribution < -0.4 is 5.32 Å². The lowest BCUT2D eigenvalue weighted by atomic mass is 10.1. The zero-order valence-electron chi connectivity index (χ0n) is 10.1. The summed E-state index contributed by atoms with van der Waals surface area (Å²) in [6.07, 6.45) is 2.48. The molecule has 0 atom stereocenters. The van der Waals surface area contributed by atoms with Gasteiger partial charge >= 0.3 is 0 Å². The normalized spacial score (nSPS) is 14.7. The molecule has 0 aromatic heterocycles. The van der Waals surface area contributed by atoms with E-state index in [1.165, 1.54) is 12.8 Å². The fourth-order valence-electron chi connectivity index (χ4n) is 1.70. The number of nitrogens with one attached hydrogen (secondary N) is 1. The summed E-state index contributed by atoms with van der Waals surface area (Å²) in [5.41, 5.74) is 1.41. The lowest BCUT2D eigenvalue weighted by Gasteiger charge is -2.10. The van der Waals surface area contributed by atoms with Gasteiger partial charge in [0.05, 0.1) is 12.2 Å². The van der Waals surface area contributed by atoms with E-state index in [2.05, 4.69) is 11.9 Å². The minimum Gasteiger partial charge on any atom is -0.494 e. The van der Waals surface area contributed by atoms with Crippen LogP contribution in [0.25, 0.3) is 5.76 Å². The Hall–Kier alpha value is -1.35. The summed E-state index contributed by atoms with van der Waals surface area (Å²) in [6.45, 7) is 6.80. The van der Waals surface area contributed by atoms with Gasteiger partial charge in [0.1, 0.15) is 11.6 Å². The second kappa shape index (κ2) is 5.32. The molecule has 1 fully saturated rings. The van der Waals surface area contributed by atoms with Crippen molar-refractivity contribution in [2.24, 2.45) is 0 Å². The van der Waals surface area contributed by atoms with Crippen LogP contribution in [0.3, 0.4) is 0 Å². The predicted molar refractivity (Wildman–Crippen MR) is 66.9 cm³/mol. The summed E-state index contributed by atoms with van der Waals surface area (Å²) < 4.78 is 19.0. The second-order valence-corrected chi connectivity index (χ2v) is 4.33. The average molecular weight is 235 g/mol. The van der Waals surface area contributed by atoms with E-state index in [4.69, 9.17) is 4.74 Å². The molecule has 0 unspecified atom stereocenters. The first-order valence-electron chi connectivity index (χ1n) is 6.04. The van der Waals surface area contributed by atoms with Crippen molar-refractivity contribution in [3.8, 4) is 0 Å². The highest BCUT2D eigenvalue weighted by atomic mass is 19.1. The van der Waals surface area contributed by atoms with E-state index in [1.807, 2.05) is 13.0 Å². The van der Waals surface area contributed by atoms with Gasteiger partial charge in [0.25, 0.3) is 0 Å². The molecule has 0 radical (unpaired) electrons. The summed E-state index contributed by atoms with van der Waals surface area (Å²) in [6, 6.07) is 5.83. The first-order chi connectivity index (χ1) is 8.20. The van der Waals surface area contributed by atoms with Crippen LogP contribution in [0.4, 0.5) is 4.39 Å². The van der Waals surface area contributed by atoms with Crippen LogP contribution in [-0.4, -0.2) is 12.6 Å². The molecule has 0 spiro atoms. The number of ether oxygens (including phenoxy) is 1. The molecular weight excluding hydrogens is 217 g/mol. The largest absolute Gasteiger partial charge is 0.494 e. The SMILES string of the molecule is C=C(OCC)c1ccc(CNC2CC2)cc1F. The van der Waals surface area contributed by atoms with E-state index in [1.54, 1.807) is 12.1 Å². The Morgan fingerprint density at radius 1 is 1.53 bits per heavy atom. The molecule has 0 aliphatic heterocycles. The molecular formula is C14H18FNO. The molecule has 1 saturated carbocycles. The topological polar surface area (TPSA) is 21.3 Å². The van der Waals surface area contributed by atoms with Crippen molar-refractivity contribution in [1.29, 1.82) is 0 Å². The van der Waals surface area contributed by atoms with Crippen LogP contribution >= 0.6 is 0 Å². The van der Waals surface area contributed by atoms with Gasteiger partial charge in [-0.05, 0) is 37.5 Å². The molecule has 1 aromatic rings. The zero-order chi connectivity index (χ0) is 12.3. The Morgan fingerprint density at radius 3 is 2.88 bits per heavy atom. The van der Waals surface area contributed by atoms with Crippen molar-refractivity contribution < 1.29 is 9.13 Å². The van der Waals surface area contributed by atoms with Crippen LogP contribution in [0.5, 0.6) is 0 Å². The van der Waals surface area contributed by atoms with Gasteiger partial charge in [0.15, 0.2) is 0 Å². The summed E-state index contributed by atoms with van der Waals surface area (Å²) in [5.74, 6) is 0.130. The van der Waals surface area contributed by atoms with E-state index in [0.29, 0.717) is 24.0 Å². The minimum atomic E-state index is -0.265. The third-order valence-electron chi connectivity index (χ3n) is 2.82. The summed E-state index contributed by atoms with van der Waals surface area (Å²) >= 11 is 0. The summed E-state index contributed by atoms with van der Waals surface area (Å²) in [7, 11) is 0. The lowest BCUT2D eigenvalue weighted by molar-refractivity contribution is 0.297. The molecule has 92 valence electrons. The number of rotatable bonds is 6. The van der Waals surface area contributed by atoms with E-state index < -0.39 is 0 Å². The molecule has 1 aromatic carbocycles. The Morgan fingerprint density at radius 2 is 2.29 bits per heavy atom. The smallest absolute Gasteiger partial charge is 0.134 e. The fourth-order valence-corrected chi connectivity index (χ4v) is 1.70. The first-order valence-corrected chi connectivity index (χ1v) is 6.04. The highest BCUT2D eigenvalue weighted by Crippen LogP contribution is 2.21.